The first kappa shape index (κ1) is 17.5. The van der Waals surface area contributed by atoms with Crippen LogP contribution >= 0.6 is 0 Å². The molecule has 0 aromatic heterocycles. The highest BCUT2D eigenvalue weighted by molar-refractivity contribution is 5.95. The fraction of sp³-hybridized carbons (Fsp3) is 0.579. The minimum Gasteiger partial charge on any atom is -0.481 e. The highest BCUT2D eigenvalue weighted by Gasteiger charge is 2.25. The average molecular weight is 317 g/mol. The minimum absolute atomic E-state index is 0.0718. The molecule has 1 aromatic carbocycles. The molecule has 4 nitrogen and oxygen atoms in total. The van der Waals surface area contributed by atoms with Gasteiger partial charge in [-0.15, -0.1) is 0 Å². The summed E-state index contributed by atoms with van der Waals surface area (Å²) in [6.45, 7) is 5.79. The molecule has 1 fully saturated rings. The third kappa shape index (κ3) is 4.81. The summed E-state index contributed by atoms with van der Waals surface area (Å²) in [6.07, 6.45) is 4.59. The molecule has 126 valence electrons. The summed E-state index contributed by atoms with van der Waals surface area (Å²) in [6, 6.07) is 7.24. The van der Waals surface area contributed by atoms with E-state index in [1.54, 1.807) is 31.2 Å². The maximum atomic E-state index is 12.3. The van der Waals surface area contributed by atoms with Gasteiger partial charge in [0.2, 0.25) is 0 Å². The van der Waals surface area contributed by atoms with E-state index in [4.69, 9.17) is 4.74 Å². The number of amides is 1. The number of hydrogen-bond donors (Lipinski definition) is 1. The summed E-state index contributed by atoms with van der Waals surface area (Å²) in [4.78, 5) is 23.9. The quantitative estimate of drug-likeness (QED) is 0.813. The third-order valence-electron chi connectivity index (χ3n) is 4.62. The molecular weight excluding hydrogens is 290 g/mol. The molecule has 0 heterocycles. The van der Waals surface area contributed by atoms with Crippen molar-refractivity contribution in [2.75, 3.05) is 0 Å². The summed E-state index contributed by atoms with van der Waals surface area (Å²) in [5, 5.41) is 3.11. The van der Waals surface area contributed by atoms with Crippen LogP contribution in [-0.2, 0) is 4.79 Å². The molecule has 2 rings (SSSR count). The first-order chi connectivity index (χ1) is 11.0. The van der Waals surface area contributed by atoms with Crippen LogP contribution in [0.25, 0.3) is 0 Å². The number of carbonyl (C=O) groups is 2. The SMILES string of the molecule is CCC(=O)c1ccc(O[C@@H](C)C(=O)N[C@@H]2CCCC[C@@H]2C)cc1. The van der Waals surface area contributed by atoms with Crippen molar-refractivity contribution in [2.24, 2.45) is 5.92 Å². The number of nitrogens with one attached hydrogen (secondary N) is 1. The van der Waals surface area contributed by atoms with Crippen LogP contribution in [0.2, 0.25) is 0 Å². The molecule has 0 bridgehead atoms. The number of carbonyl (C=O) groups excluding carboxylic acids is 2. The highest BCUT2D eigenvalue weighted by atomic mass is 16.5. The molecule has 1 aromatic rings. The largest absolute Gasteiger partial charge is 0.481 e. The molecule has 1 amide bonds. The topological polar surface area (TPSA) is 55.4 Å². The molecule has 23 heavy (non-hydrogen) atoms. The van der Waals surface area contributed by atoms with Crippen molar-refractivity contribution in [3.63, 3.8) is 0 Å². The molecule has 1 saturated carbocycles. The summed E-state index contributed by atoms with van der Waals surface area (Å²) < 4.78 is 5.70. The second-order valence-electron chi connectivity index (χ2n) is 6.44. The lowest BCUT2D eigenvalue weighted by Crippen LogP contribution is -2.46. The van der Waals surface area contributed by atoms with Crippen LogP contribution in [0.1, 0.15) is 63.2 Å². The molecule has 0 unspecified atom stereocenters. The molecule has 0 saturated heterocycles. The molecular formula is C19H27NO3. The van der Waals surface area contributed by atoms with Crippen molar-refractivity contribution in [3.05, 3.63) is 29.8 Å². The van der Waals surface area contributed by atoms with E-state index >= 15 is 0 Å². The van der Waals surface area contributed by atoms with Crippen molar-refractivity contribution < 1.29 is 14.3 Å². The van der Waals surface area contributed by atoms with Crippen molar-refractivity contribution in [3.8, 4) is 5.75 Å². The third-order valence-corrected chi connectivity index (χ3v) is 4.62. The van der Waals surface area contributed by atoms with E-state index in [1.807, 2.05) is 6.92 Å². The Balaban J connectivity index is 1.89. The van der Waals surface area contributed by atoms with Gasteiger partial charge in [-0.05, 0) is 49.9 Å². The number of benzene rings is 1. The van der Waals surface area contributed by atoms with E-state index < -0.39 is 6.10 Å². The van der Waals surface area contributed by atoms with Crippen molar-refractivity contribution >= 4 is 11.7 Å². The van der Waals surface area contributed by atoms with Crippen molar-refractivity contribution in [1.29, 1.82) is 0 Å². The van der Waals surface area contributed by atoms with Gasteiger partial charge in [0.1, 0.15) is 5.75 Å². The summed E-state index contributed by atoms with van der Waals surface area (Å²) in [7, 11) is 0. The smallest absolute Gasteiger partial charge is 0.261 e. The standard InChI is InChI=1S/C19H27NO3/c1-4-18(21)15-9-11-16(12-10-15)23-14(3)19(22)20-17-8-6-5-7-13(17)2/h9-14,17H,4-8H2,1-3H3,(H,20,22)/t13-,14-,17+/m0/s1. The molecule has 1 N–H and O–H groups in total. The maximum absolute atomic E-state index is 12.3. The van der Waals surface area contributed by atoms with Gasteiger partial charge in [-0.2, -0.15) is 0 Å². The Morgan fingerprint density at radius 3 is 2.48 bits per heavy atom. The fourth-order valence-corrected chi connectivity index (χ4v) is 3.01. The Kier molecular flexibility index (Phi) is 6.20. The van der Waals surface area contributed by atoms with E-state index in [2.05, 4.69) is 12.2 Å². The Labute approximate surface area is 138 Å². The second kappa shape index (κ2) is 8.14. The number of hydrogen-bond acceptors (Lipinski definition) is 3. The first-order valence-electron chi connectivity index (χ1n) is 8.61. The van der Waals surface area contributed by atoms with E-state index in [9.17, 15) is 9.59 Å². The van der Waals surface area contributed by atoms with Crippen LogP contribution in [0.15, 0.2) is 24.3 Å². The summed E-state index contributed by atoms with van der Waals surface area (Å²) >= 11 is 0. The molecule has 3 atom stereocenters. The zero-order valence-electron chi connectivity index (χ0n) is 14.3. The highest BCUT2D eigenvalue weighted by Crippen LogP contribution is 2.24. The van der Waals surface area contributed by atoms with Gasteiger partial charge < -0.3 is 10.1 Å². The molecule has 0 spiro atoms. The van der Waals surface area contributed by atoms with Crippen molar-refractivity contribution in [2.45, 2.75) is 65.0 Å². The molecule has 4 heteroatoms. The summed E-state index contributed by atoms with van der Waals surface area (Å²) in [5.74, 6) is 1.17. The van der Waals surface area contributed by atoms with Crippen LogP contribution < -0.4 is 10.1 Å². The Morgan fingerprint density at radius 1 is 1.22 bits per heavy atom. The van der Waals surface area contributed by atoms with Gasteiger partial charge in [0, 0.05) is 18.0 Å². The van der Waals surface area contributed by atoms with Gasteiger partial charge in [-0.1, -0.05) is 26.7 Å². The minimum atomic E-state index is -0.545. The maximum Gasteiger partial charge on any atom is 0.261 e. The predicted molar refractivity (Wildman–Crippen MR) is 90.7 cm³/mol. The monoisotopic (exact) mass is 317 g/mol. The lowest BCUT2D eigenvalue weighted by molar-refractivity contribution is -0.128. The molecule has 1 aliphatic rings. The lowest BCUT2D eigenvalue weighted by Gasteiger charge is -2.30. The number of ketones is 1. The predicted octanol–water partition coefficient (Wildman–Crippen LogP) is 3.74. The van der Waals surface area contributed by atoms with Crippen LogP contribution in [0, 0.1) is 5.92 Å². The van der Waals surface area contributed by atoms with Crippen LogP contribution in [0.5, 0.6) is 5.75 Å². The number of ether oxygens (including phenoxy) is 1. The zero-order valence-corrected chi connectivity index (χ0v) is 14.3. The molecule has 0 aliphatic heterocycles. The second-order valence-corrected chi connectivity index (χ2v) is 6.44. The van der Waals surface area contributed by atoms with Gasteiger partial charge in [-0.3, -0.25) is 9.59 Å². The van der Waals surface area contributed by atoms with Gasteiger partial charge in [0.05, 0.1) is 0 Å². The van der Waals surface area contributed by atoms with Gasteiger partial charge in [0.15, 0.2) is 11.9 Å². The Hall–Kier alpha value is -1.84. The molecule has 1 aliphatic carbocycles. The summed E-state index contributed by atoms with van der Waals surface area (Å²) in [5.41, 5.74) is 0.674. The lowest BCUT2D eigenvalue weighted by atomic mass is 9.86. The van der Waals surface area contributed by atoms with E-state index in [0.717, 1.165) is 6.42 Å². The average Bonchev–Trinajstić information content (AvgIpc) is 2.56. The van der Waals surface area contributed by atoms with Crippen LogP contribution in [0.3, 0.4) is 0 Å². The van der Waals surface area contributed by atoms with Crippen LogP contribution in [-0.4, -0.2) is 23.8 Å². The van der Waals surface area contributed by atoms with Crippen LogP contribution in [0.4, 0.5) is 0 Å². The first-order valence-corrected chi connectivity index (χ1v) is 8.61. The van der Waals surface area contributed by atoms with Gasteiger partial charge >= 0.3 is 0 Å². The zero-order chi connectivity index (χ0) is 16.8. The Morgan fingerprint density at radius 2 is 1.87 bits per heavy atom. The molecule has 0 radical (unpaired) electrons. The van der Waals surface area contributed by atoms with E-state index in [-0.39, 0.29) is 17.7 Å². The van der Waals surface area contributed by atoms with Crippen molar-refractivity contribution in [1.82, 2.24) is 5.32 Å². The van der Waals surface area contributed by atoms with E-state index in [0.29, 0.717) is 23.7 Å². The Bertz CT molecular complexity index is 538. The number of rotatable bonds is 6. The van der Waals surface area contributed by atoms with E-state index in [1.165, 1.54) is 19.3 Å². The normalized spacial score (nSPS) is 22.2. The fourth-order valence-electron chi connectivity index (χ4n) is 3.01. The number of Topliss-reactive ketones (excluding diaryl/α,β-unsaturated/α-hetero) is 1. The van der Waals surface area contributed by atoms with Gasteiger partial charge in [-0.25, -0.2) is 0 Å². The van der Waals surface area contributed by atoms with Gasteiger partial charge in [0.25, 0.3) is 5.91 Å².